The van der Waals surface area contributed by atoms with Crippen LogP contribution in [0.4, 0.5) is 0 Å². The lowest BCUT2D eigenvalue weighted by atomic mass is 10.2. The van der Waals surface area contributed by atoms with E-state index < -0.39 is 0 Å². The fourth-order valence-electron chi connectivity index (χ4n) is 2.28. The molecule has 0 spiro atoms. The molecule has 2 rings (SSSR count). The molecule has 6 heteroatoms. The Kier molecular flexibility index (Phi) is 6.33. The van der Waals surface area contributed by atoms with E-state index in [2.05, 4.69) is 17.2 Å². The Hall–Kier alpha value is -1.95. The molecule has 0 saturated carbocycles. The summed E-state index contributed by atoms with van der Waals surface area (Å²) in [7, 11) is 0. The van der Waals surface area contributed by atoms with Crippen molar-refractivity contribution in [2.45, 2.75) is 26.2 Å². The Morgan fingerprint density at radius 2 is 1.95 bits per heavy atom. The predicted octanol–water partition coefficient (Wildman–Crippen LogP) is 1.47. The van der Waals surface area contributed by atoms with Gasteiger partial charge in [-0.1, -0.05) is 25.8 Å². The van der Waals surface area contributed by atoms with Gasteiger partial charge in [-0.3, -0.25) is 9.59 Å². The second-order valence-electron chi connectivity index (χ2n) is 5.28. The Labute approximate surface area is 130 Å². The van der Waals surface area contributed by atoms with E-state index in [1.54, 1.807) is 23.1 Å². The van der Waals surface area contributed by atoms with Crippen LogP contribution in [-0.4, -0.2) is 54.5 Å². The number of nitrogens with one attached hydrogen (secondary N) is 1. The highest BCUT2D eigenvalue weighted by molar-refractivity contribution is 5.96. The van der Waals surface area contributed by atoms with Gasteiger partial charge < -0.3 is 15.0 Å². The van der Waals surface area contributed by atoms with Crippen LogP contribution in [0.25, 0.3) is 0 Å². The number of pyridine rings is 1. The fraction of sp³-hybridized carbons (Fsp3) is 0.562. The summed E-state index contributed by atoms with van der Waals surface area (Å²) in [5.74, 6) is -0.378. The van der Waals surface area contributed by atoms with E-state index in [1.165, 1.54) is 0 Å². The first-order valence-electron chi connectivity index (χ1n) is 7.84. The number of hydrogen-bond acceptors (Lipinski definition) is 4. The van der Waals surface area contributed by atoms with Crippen molar-refractivity contribution in [2.75, 3.05) is 32.8 Å². The molecule has 1 aromatic rings. The molecule has 1 fully saturated rings. The lowest BCUT2D eigenvalue weighted by Gasteiger charge is -2.26. The monoisotopic (exact) mass is 305 g/mol. The number of aromatic nitrogens is 1. The summed E-state index contributed by atoms with van der Waals surface area (Å²) in [6.45, 7) is 4.97. The molecule has 22 heavy (non-hydrogen) atoms. The minimum absolute atomic E-state index is 0.149. The average Bonchev–Trinajstić information content (AvgIpc) is 2.59. The smallest absolute Gasteiger partial charge is 0.272 e. The third kappa shape index (κ3) is 4.53. The molecule has 0 aromatic carbocycles. The standard InChI is InChI=1S/C16H23N3O3/c1-2-3-4-8-17-15(20)13-6-5-7-14(18-13)16(21)19-9-11-22-12-10-19/h5-7H,2-4,8-12H2,1H3,(H,17,20). The minimum Gasteiger partial charge on any atom is -0.378 e. The molecular weight excluding hydrogens is 282 g/mol. The number of morpholine rings is 1. The molecule has 1 saturated heterocycles. The lowest BCUT2D eigenvalue weighted by Crippen LogP contribution is -2.41. The van der Waals surface area contributed by atoms with Gasteiger partial charge in [0.25, 0.3) is 11.8 Å². The molecule has 2 heterocycles. The minimum atomic E-state index is -0.229. The van der Waals surface area contributed by atoms with Gasteiger partial charge in [0.05, 0.1) is 13.2 Å². The predicted molar refractivity (Wildman–Crippen MR) is 82.8 cm³/mol. The molecule has 0 bridgehead atoms. The van der Waals surface area contributed by atoms with Crippen molar-refractivity contribution >= 4 is 11.8 Å². The number of rotatable bonds is 6. The van der Waals surface area contributed by atoms with Crippen LogP contribution in [-0.2, 0) is 4.74 Å². The first-order valence-corrected chi connectivity index (χ1v) is 7.84. The molecule has 1 aliphatic heterocycles. The van der Waals surface area contributed by atoms with Crippen LogP contribution < -0.4 is 5.32 Å². The van der Waals surface area contributed by atoms with Gasteiger partial charge in [0, 0.05) is 19.6 Å². The lowest BCUT2D eigenvalue weighted by molar-refractivity contribution is 0.0299. The number of nitrogens with zero attached hydrogens (tertiary/aromatic N) is 2. The van der Waals surface area contributed by atoms with Crippen molar-refractivity contribution in [1.29, 1.82) is 0 Å². The second-order valence-corrected chi connectivity index (χ2v) is 5.28. The zero-order valence-electron chi connectivity index (χ0n) is 13.0. The van der Waals surface area contributed by atoms with Crippen molar-refractivity contribution in [1.82, 2.24) is 15.2 Å². The van der Waals surface area contributed by atoms with E-state index >= 15 is 0 Å². The fourth-order valence-corrected chi connectivity index (χ4v) is 2.28. The number of unbranched alkanes of at least 4 members (excludes halogenated alkanes) is 2. The van der Waals surface area contributed by atoms with Crippen molar-refractivity contribution < 1.29 is 14.3 Å². The summed E-state index contributed by atoms with van der Waals surface area (Å²) in [6.07, 6.45) is 3.15. The molecule has 0 radical (unpaired) electrons. The summed E-state index contributed by atoms with van der Waals surface area (Å²) in [5.41, 5.74) is 0.596. The summed E-state index contributed by atoms with van der Waals surface area (Å²) in [5, 5.41) is 2.83. The third-order valence-electron chi connectivity index (χ3n) is 3.57. The van der Waals surface area contributed by atoms with E-state index in [0.717, 1.165) is 19.3 Å². The first kappa shape index (κ1) is 16.4. The molecule has 0 unspecified atom stereocenters. The first-order chi connectivity index (χ1) is 10.7. The van der Waals surface area contributed by atoms with Crippen LogP contribution in [0.1, 0.15) is 47.2 Å². The maximum absolute atomic E-state index is 12.3. The van der Waals surface area contributed by atoms with Crippen LogP contribution in [0.5, 0.6) is 0 Å². The zero-order chi connectivity index (χ0) is 15.8. The summed E-state index contributed by atoms with van der Waals surface area (Å²) < 4.78 is 5.23. The molecule has 1 aromatic heterocycles. The largest absolute Gasteiger partial charge is 0.378 e. The Morgan fingerprint density at radius 3 is 2.68 bits per heavy atom. The average molecular weight is 305 g/mol. The maximum Gasteiger partial charge on any atom is 0.272 e. The number of ether oxygens (including phenoxy) is 1. The highest BCUT2D eigenvalue weighted by atomic mass is 16.5. The van der Waals surface area contributed by atoms with Crippen LogP contribution in [0.15, 0.2) is 18.2 Å². The summed E-state index contributed by atoms with van der Waals surface area (Å²) in [4.78, 5) is 30.3. The second kappa shape index (κ2) is 8.48. The van der Waals surface area contributed by atoms with Gasteiger partial charge in [-0.05, 0) is 18.6 Å². The van der Waals surface area contributed by atoms with Gasteiger partial charge in [0.2, 0.25) is 0 Å². The molecule has 1 aliphatic rings. The van der Waals surface area contributed by atoms with Gasteiger partial charge >= 0.3 is 0 Å². The number of carbonyl (C=O) groups is 2. The number of carbonyl (C=O) groups excluding carboxylic acids is 2. The van der Waals surface area contributed by atoms with Crippen molar-refractivity contribution in [2.24, 2.45) is 0 Å². The Balaban J connectivity index is 1.96. The zero-order valence-corrected chi connectivity index (χ0v) is 13.0. The molecule has 2 amide bonds. The normalized spacial score (nSPS) is 14.7. The van der Waals surface area contributed by atoms with Gasteiger partial charge in [0.1, 0.15) is 11.4 Å². The topological polar surface area (TPSA) is 71.5 Å². The van der Waals surface area contributed by atoms with Gasteiger partial charge in [-0.25, -0.2) is 4.98 Å². The van der Waals surface area contributed by atoms with Gasteiger partial charge in [-0.15, -0.1) is 0 Å². The highest BCUT2D eigenvalue weighted by Gasteiger charge is 2.20. The van der Waals surface area contributed by atoms with Crippen molar-refractivity contribution in [3.63, 3.8) is 0 Å². The van der Waals surface area contributed by atoms with E-state index in [0.29, 0.717) is 38.5 Å². The molecule has 1 N–H and O–H groups in total. The van der Waals surface area contributed by atoms with Crippen LogP contribution in [0.2, 0.25) is 0 Å². The van der Waals surface area contributed by atoms with E-state index in [-0.39, 0.29) is 17.5 Å². The third-order valence-corrected chi connectivity index (χ3v) is 3.57. The van der Waals surface area contributed by atoms with Crippen LogP contribution >= 0.6 is 0 Å². The molecular formula is C16H23N3O3. The van der Waals surface area contributed by atoms with E-state index in [9.17, 15) is 9.59 Å². The van der Waals surface area contributed by atoms with E-state index in [4.69, 9.17) is 4.74 Å². The van der Waals surface area contributed by atoms with E-state index in [1.807, 2.05) is 0 Å². The van der Waals surface area contributed by atoms with Crippen molar-refractivity contribution in [3.05, 3.63) is 29.6 Å². The maximum atomic E-state index is 12.3. The molecule has 0 aliphatic carbocycles. The number of hydrogen-bond donors (Lipinski definition) is 1. The SMILES string of the molecule is CCCCCNC(=O)c1cccc(C(=O)N2CCOCC2)n1. The Bertz CT molecular complexity index is 513. The quantitative estimate of drug-likeness (QED) is 0.808. The van der Waals surface area contributed by atoms with Gasteiger partial charge in [-0.2, -0.15) is 0 Å². The highest BCUT2D eigenvalue weighted by Crippen LogP contribution is 2.07. The molecule has 120 valence electrons. The van der Waals surface area contributed by atoms with Crippen LogP contribution in [0.3, 0.4) is 0 Å². The van der Waals surface area contributed by atoms with Crippen molar-refractivity contribution in [3.8, 4) is 0 Å². The summed E-state index contributed by atoms with van der Waals surface area (Å²) >= 11 is 0. The molecule has 0 atom stereocenters. The number of amides is 2. The molecule has 6 nitrogen and oxygen atoms in total. The summed E-state index contributed by atoms with van der Waals surface area (Å²) in [6, 6.07) is 4.97. The Morgan fingerprint density at radius 1 is 1.23 bits per heavy atom. The van der Waals surface area contributed by atoms with Crippen LogP contribution in [0, 0.1) is 0 Å². The van der Waals surface area contributed by atoms with Gasteiger partial charge in [0.15, 0.2) is 0 Å².